The van der Waals surface area contributed by atoms with Crippen molar-refractivity contribution in [3.63, 3.8) is 0 Å². The third-order valence-corrected chi connectivity index (χ3v) is 3.44. The van der Waals surface area contributed by atoms with Gasteiger partial charge in [-0.3, -0.25) is 10.1 Å². The molecule has 0 aliphatic carbocycles. The van der Waals surface area contributed by atoms with Gasteiger partial charge < -0.3 is 9.64 Å². The van der Waals surface area contributed by atoms with Gasteiger partial charge in [0.05, 0.1) is 17.6 Å². The minimum atomic E-state index is -4.52. The summed E-state index contributed by atoms with van der Waals surface area (Å²) in [4.78, 5) is 11.2. The Morgan fingerprint density at radius 3 is 2.33 bits per heavy atom. The van der Waals surface area contributed by atoms with Crippen LogP contribution in [0.2, 0.25) is 0 Å². The zero-order valence-electron chi connectivity index (χ0n) is 11.5. The highest BCUT2D eigenvalue weighted by molar-refractivity contribution is 5.53. The first kappa shape index (κ1) is 15.6. The van der Waals surface area contributed by atoms with Crippen LogP contribution in [0.25, 0.3) is 0 Å². The van der Waals surface area contributed by atoms with Crippen molar-refractivity contribution in [3.05, 3.63) is 34.4 Å². The molecule has 0 spiro atoms. The van der Waals surface area contributed by atoms with Gasteiger partial charge in [0, 0.05) is 17.8 Å². The number of ether oxygens (including phenoxy) is 1. The molecule has 0 bridgehead atoms. The van der Waals surface area contributed by atoms with E-state index in [4.69, 9.17) is 4.74 Å². The second kappa shape index (κ2) is 5.51. The van der Waals surface area contributed by atoms with Crippen LogP contribution in [0.4, 0.5) is 24.5 Å². The number of nitrogens with zero attached hydrogens (tertiary/aromatic N) is 2. The molecule has 8 heteroatoms. The molecule has 2 rings (SSSR count). The number of hydrogen-bond acceptors (Lipinski definition) is 4. The molecule has 0 amide bonds. The molecule has 1 aliphatic heterocycles. The average Bonchev–Trinajstić information content (AvgIpc) is 2.83. The SMILES string of the molecule is CC(C)[C@@H]1COC(C(F)(F)F)N1c1ccc([N+](=O)[O-])cc1. The second-order valence-corrected chi connectivity index (χ2v) is 5.22. The lowest BCUT2D eigenvalue weighted by atomic mass is 10.0. The second-order valence-electron chi connectivity index (χ2n) is 5.22. The van der Waals surface area contributed by atoms with E-state index in [9.17, 15) is 23.3 Å². The summed E-state index contributed by atoms with van der Waals surface area (Å²) >= 11 is 0. The van der Waals surface area contributed by atoms with Crippen molar-refractivity contribution >= 4 is 11.4 Å². The first-order chi connectivity index (χ1) is 9.71. The summed E-state index contributed by atoms with van der Waals surface area (Å²) in [5.41, 5.74) is 0.0997. The lowest BCUT2D eigenvalue weighted by Crippen LogP contribution is -2.47. The molecule has 5 nitrogen and oxygen atoms in total. The lowest BCUT2D eigenvalue weighted by Gasteiger charge is -2.33. The number of nitro benzene ring substituents is 1. The fourth-order valence-corrected chi connectivity index (χ4v) is 2.36. The molecule has 1 saturated heterocycles. The number of rotatable bonds is 3. The number of anilines is 1. The summed E-state index contributed by atoms with van der Waals surface area (Å²) in [5.74, 6) is -0.0486. The number of non-ortho nitro benzene ring substituents is 1. The zero-order valence-corrected chi connectivity index (χ0v) is 11.5. The summed E-state index contributed by atoms with van der Waals surface area (Å²) in [6.07, 6.45) is -6.54. The van der Waals surface area contributed by atoms with E-state index in [2.05, 4.69) is 0 Å². The topological polar surface area (TPSA) is 55.6 Å². The van der Waals surface area contributed by atoms with Gasteiger partial charge in [0.2, 0.25) is 6.23 Å². The van der Waals surface area contributed by atoms with Crippen LogP contribution >= 0.6 is 0 Å². The molecule has 2 atom stereocenters. The maximum atomic E-state index is 13.1. The van der Waals surface area contributed by atoms with Crippen LogP contribution in [0.3, 0.4) is 0 Å². The van der Waals surface area contributed by atoms with Crippen molar-refractivity contribution in [1.29, 1.82) is 0 Å². The molecule has 0 radical (unpaired) electrons. The number of nitro groups is 1. The Kier molecular flexibility index (Phi) is 4.08. The third kappa shape index (κ3) is 3.10. The third-order valence-electron chi connectivity index (χ3n) is 3.44. The predicted molar refractivity (Wildman–Crippen MR) is 70.0 cm³/mol. The highest BCUT2D eigenvalue weighted by Crippen LogP contribution is 2.37. The van der Waals surface area contributed by atoms with Gasteiger partial charge in [-0.1, -0.05) is 13.8 Å². The van der Waals surface area contributed by atoms with Crippen molar-refractivity contribution in [2.75, 3.05) is 11.5 Å². The number of benzene rings is 1. The van der Waals surface area contributed by atoms with Crippen LogP contribution in [0.5, 0.6) is 0 Å². The monoisotopic (exact) mass is 304 g/mol. The van der Waals surface area contributed by atoms with Gasteiger partial charge in [-0.2, -0.15) is 13.2 Å². The molecular formula is C13H15F3N2O3. The summed E-state index contributed by atoms with van der Waals surface area (Å²) in [6, 6.07) is 4.59. The smallest absolute Gasteiger partial charge is 0.348 e. The van der Waals surface area contributed by atoms with Gasteiger partial charge >= 0.3 is 6.18 Å². The van der Waals surface area contributed by atoms with Crippen molar-refractivity contribution < 1.29 is 22.8 Å². The molecule has 0 saturated carbocycles. The standard InChI is InChI=1S/C13H15F3N2O3/c1-8(2)11-7-21-12(13(14,15)16)17(11)9-3-5-10(6-4-9)18(19)20/h3-6,8,11-12H,7H2,1-2H3/t11-,12?/m0/s1. The van der Waals surface area contributed by atoms with E-state index in [1.54, 1.807) is 0 Å². The summed E-state index contributed by atoms with van der Waals surface area (Å²) in [5, 5.41) is 10.6. The Morgan fingerprint density at radius 1 is 1.33 bits per heavy atom. The van der Waals surface area contributed by atoms with Crippen LogP contribution in [-0.2, 0) is 4.74 Å². The van der Waals surface area contributed by atoms with Gasteiger partial charge in [0.1, 0.15) is 0 Å². The van der Waals surface area contributed by atoms with Gasteiger partial charge in [-0.05, 0) is 18.1 Å². The number of halogens is 3. The van der Waals surface area contributed by atoms with Crippen LogP contribution in [0, 0.1) is 16.0 Å². The first-order valence-electron chi connectivity index (χ1n) is 6.43. The quantitative estimate of drug-likeness (QED) is 0.635. The number of hydrogen-bond donors (Lipinski definition) is 0. The Labute approximate surface area is 119 Å². The summed E-state index contributed by atoms with van der Waals surface area (Å²) in [7, 11) is 0. The van der Waals surface area contributed by atoms with E-state index in [1.807, 2.05) is 13.8 Å². The lowest BCUT2D eigenvalue weighted by molar-refractivity contribution is -0.384. The highest BCUT2D eigenvalue weighted by atomic mass is 19.4. The van der Waals surface area contributed by atoms with Crippen molar-refractivity contribution in [2.24, 2.45) is 5.92 Å². The van der Waals surface area contributed by atoms with E-state index >= 15 is 0 Å². The van der Waals surface area contributed by atoms with Crippen LogP contribution in [0.15, 0.2) is 24.3 Å². The summed E-state index contributed by atoms with van der Waals surface area (Å²) in [6.45, 7) is 3.59. The van der Waals surface area contributed by atoms with E-state index in [1.165, 1.54) is 24.3 Å². The molecule has 1 fully saturated rings. The van der Waals surface area contributed by atoms with Gasteiger partial charge in [0.25, 0.3) is 5.69 Å². The molecule has 116 valence electrons. The largest absolute Gasteiger partial charge is 0.433 e. The van der Waals surface area contributed by atoms with Crippen molar-refractivity contribution in [3.8, 4) is 0 Å². The molecule has 1 heterocycles. The molecule has 1 aromatic carbocycles. The van der Waals surface area contributed by atoms with E-state index < -0.39 is 23.4 Å². The molecule has 21 heavy (non-hydrogen) atoms. The Bertz CT molecular complexity index is 516. The molecule has 1 aromatic rings. The molecule has 1 aliphatic rings. The fourth-order valence-electron chi connectivity index (χ4n) is 2.36. The van der Waals surface area contributed by atoms with Crippen molar-refractivity contribution in [1.82, 2.24) is 0 Å². The first-order valence-corrected chi connectivity index (χ1v) is 6.43. The Morgan fingerprint density at radius 2 is 1.90 bits per heavy atom. The Balaban J connectivity index is 2.36. The number of alkyl halides is 3. The highest BCUT2D eigenvalue weighted by Gasteiger charge is 2.51. The van der Waals surface area contributed by atoms with Crippen LogP contribution < -0.4 is 4.90 Å². The predicted octanol–water partition coefficient (Wildman–Crippen LogP) is 3.34. The fraction of sp³-hybridized carbons (Fsp3) is 0.538. The van der Waals surface area contributed by atoms with E-state index in [-0.39, 0.29) is 23.9 Å². The normalized spacial score (nSPS) is 22.9. The van der Waals surface area contributed by atoms with Gasteiger partial charge in [0.15, 0.2) is 0 Å². The molecule has 0 N–H and O–H groups in total. The Hall–Kier alpha value is -1.83. The van der Waals surface area contributed by atoms with Crippen molar-refractivity contribution in [2.45, 2.75) is 32.3 Å². The minimum absolute atomic E-state index is 0.0289. The molecule has 0 aromatic heterocycles. The van der Waals surface area contributed by atoms with Gasteiger partial charge in [-0.25, -0.2) is 0 Å². The van der Waals surface area contributed by atoms with Crippen LogP contribution in [0.1, 0.15) is 13.8 Å². The van der Waals surface area contributed by atoms with Gasteiger partial charge in [-0.15, -0.1) is 0 Å². The zero-order chi connectivity index (χ0) is 15.8. The van der Waals surface area contributed by atoms with E-state index in [0.717, 1.165) is 4.90 Å². The van der Waals surface area contributed by atoms with Crippen LogP contribution in [-0.4, -0.2) is 30.0 Å². The molecular weight excluding hydrogens is 289 g/mol. The minimum Gasteiger partial charge on any atom is -0.348 e. The van der Waals surface area contributed by atoms with E-state index in [0.29, 0.717) is 0 Å². The summed E-state index contributed by atoms with van der Waals surface area (Å²) < 4.78 is 44.1. The molecule has 1 unspecified atom stereocenters. The average molecular weight is 304 g/mol. The maximum Gasteiger partial charge on any atom is 0.433 e. The maximum absolute atomic E-state index is 13.1.